The summed E-state index contributed by atoms with van der Waals surface area (Å²) < 4.78 is 0. The Morgan fingerprint density at radius 3 is 2.38 bits per heavy atom. The molecule has 0 aromatic heterocycles. The lowest BCUT2D eigenvalue weighted by atomic mass is 10.1. The fraction of sp³-hybridized carbons (Fsp3) is 0.188. The van der Waals surface area contributed by atoms with Crippen LogP contribution in [-0.2, 0) is 6.54 Å². The van der Waals surface area contributed by atoms with Gasteiger partial charge in [0.2, 0.25) is 0 Å². The van der Waals surface area contributed by atoms with Crippen molar-refractivity contribution in [2.75, 3.05) is 13.2 Å². The molecule has 0 unspecified atom stereocenters. The van der Waals surface area contributed by atoms with E-state index in [1.165, 1.54) is 23.1 Å². The summed E-state index contributed by atoms with van der Waals surface area (Å²) in [6, 6.07) is 13.6. The van der Waals surface area contributed by atoms with E-state index in [0.717, 1.165) is 5.56 Å². The fourth-order valence-corrected chi connectivity index (χ4v) is 2.05. The van der Waals surface area contributed by atoms with E-state index in [-0.39, 0.29) is 24.5 Å². The smallest absolute Gasteiger partial charge is 0.258 e. The number of phenolic OH excluding ortho intramolecular Hbond substituents is 2. The summed E-state index contributed by atoms with van der Waals surface area (Å²) in [5, 5.41) is 28.4. The summed E-state index contributed by atoms with van der Waals surface area (Å²) in [6.45, 7) is 0.274. The standard InChI is InChI=1S/C16H17NO4/c18-10-9-17(11-12-5-2-1-3-6-12)16(21)13-7-4-8-14(19)15(13)20/h1-8,18-20H,9-11H2. The molecule has 1 amide bonds. The second kappa shape index (κ2) is 6.76. The third-order valence-electron chi connectivity index (χ3n) is 3.12. The van der Waals surface area contributed by atoms with Gasteiger partial charge < -0.3 is 20.2 Å². The van der Waals surface area contributed by atoms with Gasteiger partial charge in [0.15, 0.2) is 11.5 Å². The molecule has 0 aliphatic heterocycles. The maximum atomic E-state index is 12.5. The van der Waals surface area contributed by atoms with Crippen molar-refractivity contribution in [1.29, 1.82) is 0 Å². The Hall–Kier alpha value is -2.53. The molecule has 0 fully saturated rings. The summed E-state index contributed by atoms with van der Waals surface area (Å²) in [5.74, 6) is -1.23. The highest BCUT2D eigenvalue weighted by Crippen LogP contribution is 2.29. The van der Waals surface area contributed by atoms with E-state index in [1.54, 1.807) is 0 Å². The van der Waals surface area contributed by atoms with Gasteiger partial charge in [-0.1, -0.05) is 36.4 Å². The first-order valence-electron chi connectivity index (χ1n) is 6.58. The minimum atomic E-state index is -0.446. The van der Waals surface area contributed by atoms with Crippen LogP contribution in [-0.4, -0.2) is 39.3 Å². The number of hydrogen-bond acceptors (Lipinski definition) is 4. The molecule has 0 heterocycles. The molecule has 3 N–H and O–H groups in total. The number of hydrogen-bond donors (Lipinski definition) is 3. The van der Waals surface area contributed by atoms with Crippen molar-refractivity contribution < 1.29 is 20.1 Å². The largest absolute Gasteiger partial charge is 0.504 e. The van der Waals surface area contributed by atoms with Crippen LogP contribution in [0.1, 0.15) is 15.9 Å². The number of aliphatic hydroxyl groups is 1. The van der Waals surface area contributed by atoms with Crippen LogP contribution >= 0.6 is 0 Å². The van der Waals surface area contributed by atoms with Gasteiger partial charge in [0.05, 0.1) is 12.2 Å². The summed E-state index contributed by atoms with van der Waals surface area (Å²) in [6.07, 6.45) is 0. The lowest BCUT2D eigenvalue weighted by Crippen LogP contribution is -2.33. The van der Waals surface area contributed by atoms with Gasteiger partial charge >= 0.3 is 0 Å². The van der Waals surface area contributed by atoms with E-state index in [0.29, 0.717) is 6.54 Å². The number of carbonyl (C=O) groups is 1. The third-order valence-corrected chi connectivity index (χ3v) is 3.12. The van der Waals surface area contributed by atoms with Crippen LogP contribution in [0.4, 0.5) is 0 Å². The van der Waals surface area contributed by atoms with Gasteiger partial charge in [-0.2, -0.15) is 0 Å². The molecule has 5 heteroatoms. The average Bonchev–Trinajstić information content (AvgIpc) is 2.50. The Bertz CT molecular complexity index is 613. The first kappa shape index (κ1) is 14.9. The van der Waals surface area contributed by atoms with Gasteiger partial charge in [-0.05, 0) is 17.7 Å². The molecular formula is C16H17NO4. The molecule has 110 valence electrons. The molecule has 2 rings (SSSR count). The second-order valence-electron chi connectivity index (χ2n) is 4.61. The number of carbonyl (C=O) groups excluding carboxylic acids is 1. The second-order valence-corrected chi connectivity index (χ2v) is 4.61. The monoisotopic (exact) mass is 287 g/mol. The lowest BCUT2D eigenvalue weighted by Gasteiger charge is -2.22. The van der Waals surface area contributed by atoms with Crippen molar-refractivity contribution in [3.63, 3.8) is 0 Å². The lowest BCUT2D eigenvalue weighted by molar-refractivity contribution is 0.0704. The highest BCUT2D eigenvalue weighted by molar-refractivity contribution is 5.97. The maximum absolute atomic E-state index is 12.5. The fourth-order valence-electron chi connectivity index (χ4n) is 2.05. The number of aliphatic hydroxyl groups excluding tert-OH is 1. The molecule has 0 bridgehead atoms. The van der Waals surface area contributed by atoms with E-state index in [4.69, 9.17) is 5.11 Å². The van der Waals surface area contributed by atoms with Crippen molar-refractivity contribution >= 4 is 5.91 Å². The zero-order valence-electron chi connectivity index (χ0n) is 11.4. The Balaban J connectivity index is 2.25. The molecule has 0 spiro atoms. The Kier molecular flexibility index (Phi) is 4.79. The molecule has 2 aromatic rings. The molecule has 21 heavy (non-hydrogen) atoms. The number of phenols is 2. The normalized spacial score (nSPS) is 10.3. The van der Waals surface area contributed by atoms with Gasteiger partial charge in [0.1, 0.15) is 0 Å². The van der Waals surface area contributed by atoms with E-state index >= 15 is 0 Å². The number of benzene rings is 2. The Labute approximate surface area is 122 Å². The van der Waals surface area contributed by atoms with Crippen molar-refractivity contribution in [3.8, 4) is 11.5 Å². The molecular weight excluding hydrogens is 270 g/mol. The number of amides is 1. The van der Waals surface area contributed by atoms with Gasteiger partial charge in [-0.15, -0.1) is 0 Å². The predicted molar refractivity (Wildman–Crippen MR) is 78.0 cm³/mol. The van der Waals surface area contributed by atoms with Gasteiger partial charge in [0, 0.05) is 13.1 Å². The maximum Gasteiger partial charge on any atom is 0.258 e. The van der Waals surface area contributed by atoms with Crippen molar-refractivity contribution in [2.24, 2.45) is 0 Å². The summed E-state index contributed by atoms with van der Waals surface area (Å²) in [7, 11) is 0. The van der Waals surface area contributed by atoms with Crippen molar-refractivity contribution in [2.45, 2.75) is 6.54 Å². The number of aromatic hydroxyl groups is 2. The summed E-state index contributed by atoms with van der Waals surface area (Å²) >= 11 is 0. The van der Waals surface area contributed by atoms with Crippen LogP contribution < -0.4 is 0 Å². The Morgan fingerprint density at radius 2 is 1.71 bits per heavy atom. The highest BCUT2D eigenvalue weighted by Gasteiger charge is 2.20. The molecule has 0 radical (unpaired) electrons. The predicted octanol–water partition coefficient (Wildman–Crippen LogP) is 1.73. The minimum absolute atomic E-state index is 0.0133. The SMILES string of the molecule is O=C(c1cccc(O)c1O)N(CCO)Cc1ccccc1. The number of rotatable bonds is 5. The van der Waals surface area contributed by atoms with Crippen LogP contribution in [0.15, 0.2) is 48.5 Å². The quantitative estimate of drug-likeness (QED) is 0.732. The molecule has 0 atom stereocenters. The van der Waals surface area contributed by atoms with Crippen LogP contribution in [0.2, 0.25) is 0 Å². The molecule has 5 nitrogen and oxygen atoms in total. The Morgan fingerprint density at radius 1 is 1.00 bits per heavy atom. The molecule has 0 aliphatic carbocycles. The topological polar surface area (TPSA) is 81.0 Å². The van der Waals surface area contributed by atoms with E-state index in [9.17, 15) is 15.0 Å². The van der Waals surface area contributed by atoms with Crippen LogP contribution in [0, 0.1) is 0 Å². The number of nitrogens with zero attached hydrogens (tertiary/aromatic N) is 1. The number of para-hydroxylation sites is 1. The van der Waals surface area contributed by atoms with Gasteiger partial charge in [-0.25, -0.2) is 0 Å². The van der Waals surface area contributed by atoms with E-state index in [2.05, 4.69) is 0 Å². The zero-order valence-corrected chi connectivity index (χ0v) is 11.4. The van der Waals surface area contributed by atoms with Gasteiger partial charge in [0.25, 0.3) is 5.91 Å². The summed E-state index contributed by atoms with van der Waals surface area (Å²) in [5.41, 5.74) is 0.929. The van der Waals surface area contributed by atoms with Crippen LogP contribution in [0.3, 0.4) is 0 Å². The van der Waals surface area contributed by atoms with Crippen molar-refractivity contribution in [3.05, 3.63) is 59.7 Å². The molecule has 0 saturated carbocycles. The highest BCUT2D eigenvalue weighted by atomic mass is 16.3. The summed E-state index contributed by atoms with van der Waals surface area (Å²) in [4.78, 5) is 13.9. The van der Waals surface area contributed by atoms with Gasteiger partial charge in [-0.3, -0.25) is 4.79 Å². The van der Waals surface area contributed by atoms with E-state index < -0.39 is 11.7 Å². The van der Waals surface area contributed by atoms with E-state index in [1.807, 2.05) is 30.3 Å². The molecule has 0 aliphatic rings. The molecule has 0 saturated heterocycles. The average molecular weight is 287 g/mol. The molecule has 2 aromatic carbocycles. The third kappa shape index (κ3) is 3.52. The van der Waals surface area contributed by atoms with Crippen LogP contribution in [0.5, 0.6) is 11.5 Å². The van der Waals surface area contributed by atoms with Crippen molar-refractivity contribution in [1.82, 2.24) is 4.90 Å². The first-order valence-corrected chi connectivity index (χ1v) is 6.58. The van der Waals surface area contributed by atoms with Crippen LogP contribution in [0.25, 0.3) is 0 Å². The minimum Gasteiger partial charge on any atom is -0.504 e. The first-order chi connectivity index (χ1) is 10.1. The zero-order chi connectivity index (χ0) is 15.2.